The van der Waals surface area contributed by atoms with Gasteiger partial charge in [-0.25, -0.2) is 0 Å². The third kappa shape index (κ3) is 4.07. The van der Waals surface area contributed by atoms with Gasteiger partial charge in [0.2, 0.25) is 5.91 Å². The van der Waals surface area contributed by atoms with Gasteiger partial charge in [0, 0.05) is 50.7 Å². The summed E-state index contributed by atoms with van der Waals surface area (Å²) in [5.74, 6) is 1.60. The fourth-order valence-electron chi connectivity index (χ4n) is 3.32. The minimum absolute atomic E-state index is 0.184. The van der Waals surface area contributed by atoms with Crippen molar-refractivity contribution in [2.24, 2.45) is 0 Å². The first kappa shape index (κ1) is 18.0. The Bertz CT molecular complexity index is 728. The van der Waals surface area contributed by atoms with Crippen LogP contribution in [-0.4, -0.2) is 56.2 Å². The molecule has 1 aliphatic rings. The molecule has 0 saturated carbocycles. The Labute approximate surface area is 154 Å². The van der Waals surface area contributed by atoms with Crippen molar-refractivity contribution in [3.8, 4) is 11.5 Å². The number of aromatic nitrogens is 1. The van der Waals surface area contributed by atoms with Gasteiger partial charge in [0.25, 0.3) is 0 Å². The molecule has 1 fully saturated rings. The molecule has 3 rings (SSSR count). The number of amides is 1. The van der Waals surface area contributed by atoms with Gasteiger partial charge in [-0.3, -0.25) is 9.78 Å². The summed E-state index contributed by atoms with van der Waals surface area (Å²) in [6.07, 6.45) is 4.71. The number of ether oxygens (including phenoxy) is 2. The number of methoxy groups -OCH3 is 2. The van der Waals surface area contributed by atoms with Gasteiger partial charge in [0.05, 0.1) is 14.2 Å². The minimum atomic E-state index is 0.184. The Kier molecular flexibility index (Phi) is 5.94. The zero-order valence-electron chi connectivity index (χ0n) is 15.4. The highest BCUT2D eigenvalue weighted by Gasteiger charge is 2.21. The number of piperazine rings is 1. The third-order valence-corrected chi connectivity index (χ3v) is 4.75. The van der Waals surface area contributed by atoms with Crippen LogP contribution in [0, 0.1) is 0 Å². The maximum atomic E-state index is 12.6. The van der Waals surface area contributed by atoms with E-state index in [9.17, 15) is 4.79 Å². The fourth-order valence-corrected chi connectivity index (χ4v) is 3.32. The first-order valence-corrected chi connectivity index (χ1v) is 8.85. The molecule has 26 heavy (non-hydrogen) atoms. The molecule has 6 heteroatoms. The van der Waals surface area contributed by atoms with E-state index in [1.165, 1.54) is 0 Å². The monoisotopic (exact) mass is 355 g/mol. The summed E-state index contributed by atoms with van der Waals surface area (Å²) < 4.78 is 10.8. The molecule has 138 valence electrons. The molecule has 6 nitrogen and oxygen atoms in total. The summed E-state index contributed by atoms with van der Waals surface area (Å²) in [6.45, 7) is 3.18. The number of rotatable bonds is 6. The maximum absolute atomic E-state index is 12.6. The molecule has 0 N–H and O–H groups in total. The molecular weight excluding hydrogens is 330 g/mol. The van der Waals surface area contributed by atoms with E-state index in [0.29, 0.717) is 24.3 Å². The van der Waals surface area contributed by atoms with Crippen LogP contribution in [0.15, 0.2) is 42.7 Å². The van der Waals surface area contributed by atoms with Crippen LogP contribution in [0.2, 0.25) is 0 Å². The Hall–Kier alpha value is -2.76. The van der Waals surface area contributed by atoms with Crippen LogP contribution in [0.1, 0.15) is 12.0 Å². The second-order valence-corrected chi connectivity index (χ2v) is 6.23. The molecule has 0 bridgehead atoms. The van der Waals surface area contributed by atoms with Crippen LogP contribution in [0.5, 0.6) is 11.5 Å². The van der Waals surface area contributed by atoms with E-state index in [2.05, 4.69) is 9.88 Å². The minimum Gasteiger partial charge on any atom is -0.493 e. The van der Waals surface area contributed by atoms with E-state index in [-0.39, 0.29) is 5.91 Å². The number of benzene rings is 1. The third-order valence-electron chi connectivity index (χ3n) is 4.75. The fraction of sp³-hybridized carbons (Fsp3) is 0.400. The van der Waals surface area contributed by atoms with Crippen molar-refractivity contribution in [3.63, 3.8) is 0 Å². The highest BCUT2D eigenvalue weighted by molar-refractivity contribution is 5.77. The topological polar surface area (TPSA) is 54.9 Å². The summed E-state index contributed by atoms with van der Waals surface area (Å²) in [6, 6.07) is 9.78. The summed E-state index contributed by atoms with van der Waals surface area (Å²) in [7, 11) is 3.25. The molecule has 1 amide bonds. The lowest BCUT2D eigenvalue weighted by Gasteiger charge is -2.36. The number of hydrogen-bond donors (Lipinski definition) is 0. The van der Waals surface area contributed by atoms with E-state index >= 15 is 0 Å². The second kappa shape index (κ2) is 8.56. The van der Waals surface area contributed by atoms with E-state index in [0.717, 1.165) is 37.4 Å². The average Bonchev–Trinajstić information content (AvgIpc) is 2.72. The number of pyridine rings is 1. The average molecular weight is 355 g/mol. The molecule has 0 unspecified atom stereocenters. The summed E-state index contributed by atoms with van der Waals surface area (Å²) in [5, 5.41) is 0. The predicted molar refractivity (Wildman–Crippen MR) is 101 cm³/mol. The van der Waals surface area contributed by atoms with Crippen molar-refractivity contribution < 1.29 is 14.3 Å². The van der Waals surface area contributed by atoms with Crippen molar-refractivity contribution in [3.05, 3.63) is 48.3 Å². The van der Waals surface area contributed by atoms with E-state index in [1.54, 1.807) is 26.6 Å². The lowest BCUT2D eigenvalue weighted by Crippen LogP contribution is -2.48. The van der Waals surface area contributed by atoms with Crippen molar-refractivity contribution >= 4 is 11.6 Å². The SMILES string of the molecule is COc1cccc(CCC(=O)N2CCN(c3ccncc3)CC2)c1OC. The summed E-state index contributed by atoms with van der Waals surface area (Å²) >= 11 is 0. The number of carbonyl (C=O) groups is 1. The zero-order chi connectivity index (χ0) is 18.4. The normalized spacial score (nSPS) is 14.2. The molecule has 1 saturated heterocycles. The molecule has 1 aromatic heterocycles. The molecule has 2 heterocycles. The first-order chi connectivity index (χ1) is 12.7. The van der Waals surface area contributed by atoms with Crippen molar-refractivity contribution in [2.75, 3.05) is 45.3 Å². The van der Waals surface area contributed by atoms with Crippen molar-refractivity contribution in [2.45, 2.75) is 12.8 Å². The lowest BCUT2D eigenvalue weighted by molar-refractivity contribution is -0.131. The van der Waals surface area contributed by atoms with Crippen LogP contribution < -0.4 is 14.4 Å². The Morgan fingerprint density at radius 3 is 2.42 bits per heavy atom. The second-order valence-electron chi connectivity index (χ2n) is 6.23. The van der Waals surface area contributed by atoms with E-state index in [4.69, 9.17) is 9.47 Å². The van der Waals surface area contributed by atoms with Crippen molar-refractivity contribution in [1.29, 1.82) is 0 Å². The molecule has 0 atom stereocenters. The zero-order valence-corrected chi connectivity index (χ0v) is 15.4. The predicted octanol–water partition coefficient (Wildman–Crippen LogP) is 2.38. The molecular formula is C20H25N3O3. The lowest BCUT2D eigenvalue weighted by atomic mass is 10.1. The van der Waals surface area contributed by atoms with E-state index < -0.39 is 0 Å². The number of aryl methyl sites for hydroxylation is 1. The summed E-state index contributed by atoms with van der Waals surface area (Å²) in [4.78, 5) is 20.9. The van der Waals surface area contributed by atoms with Gasteiger partial charge in [-0.05, 0) is 30.2 Å². The van der Waals surface area contributed by atoms with E-state index in [1.807, 2.05) is 35.2 Å². The standard InChI is InChI=1S/C20H25N3O3/c1-25-18-5-3-4-16(20(18)26-2)6-7-19(24)23-14-12-22(13-15-23)17-8-10-21-11-9-17/h3-5,8-11H,6-7,12-15H2,1-2H3. The number of hydrogen-bond acceptors (Lipinski definition) is 5. The summed E-state index contributed by atoms with van der Waals surface area (Å²) in [5.41, 5.74) is 2.16. The Morgan fingerprint density at radius 1 is 1.04 bits per heavy atom. The quantitative estimate of drug-likeness (QED) is 0.796. The van der Waals surface area contributed by atoms with Gasteiger partial charge in [-0.2, -0.15) is 0 Å². The highest BCUT2D eigenvalue weighted by Crippen LogP contribution is 2.31. The highest BCUT2D eigenvalue weighted by atomic mass is 16.5. The van der Waals surface area contributed by atoms with Crippen LogP contribution >= 0.6 is 0 Å². The number of carbonyl (C=O) groups excluding carboxylic acids is 1. The smallest absolute Gasteiger partial charge is 0.223 e. The Morgan fingerprint density at radius 2 is 1.77 bits per heavy atom. The number of para-hydroxylation sites is 1. The molecule has 1 aromatic carbocycles. The van der Waals surface area contributed by atoms with Crippen LogP contribution in [0.4, 0.5) is 5.69 Å². The number of nitrogens with zero attached hydrogens (tertiary/aromatic N) is 3. The van der Waals surface area contributed by atoms with Gasteiger partial charge in [0.15, 0.2) is 11.5 Å². The number of anilines is 1. The molecule has 0 aliphatic carbocycles. The van der Waals surface area contributed by atoms with Crippen LogP contribution in [-0.2, 0) is 11.2 Å². The van der Waals surface area contributed by atoms with Gasteiger partial charge < -0.3 is 19.3 Å². The van der Waals surface area contributed by atoms with Crippen molar-refractivity contribution in [1.82, 2.24) is 9.88 Å². The van der Waals surface area contributed by atoms with Gasteiger partial charge in [-0.15, -0.1) is 0 Å². The maximum Gasteiger partial charge on any atom is 0.223 e. The van der Waals surface area contributed by atoms with Crippen LogP contribution in [0.3, 0.4) is 0 Å². The van der Waals surface area contributed by atoms with Gasteiger partial charge in [-0.1, -0.05) is 12.1 Å². The Balaban J connectivity index is 1.54. The molecule has 0 radical (unpaired) electrons. The van der Waals surface area contributed by atoms with Gasteiger partial charge in [0.1, 0.15) is 0 Å². The molecule has 2 aromatic rings. The largest absolute Gasteiger partial charge is 0.493 e. The van der Waals surface area contributed by atoms with Crippen LogP contribution in [0.25, 0.3) is 0 Å². The molecule has 1 aliphatic heterocycles. The first-order valence-electron chi connectivity index (χ1n) is 8.85. The van der Waals surface area contributed by atoms with Gasteiger partial charge >= 0.3 is 0 Å². The molecule has 0 spiro atoms.